The molecule has 2 aromatic rings. The largest absolute Gasteiger partial charge is 0.471 e. The van der Waals surface area contributed by atoms with E-state index in [4.69, 9.17) is 4.74 Å². The van der Waals surface area contributed by atoms with E-state index in [-0.39, 0.29) is 12.0 Å². The lowest BCUT2D eigenvalue weighted by molar-refractivity contribution is 0.0775. The molecule has 0 bridgehead atoms. The molecule has 0 radical (unpaired) electrons. The Kier molecular flexibility index (Phi) is 4.24. The molecule has 0 aromatic carbocycles. The zero-order valence-corrected chi connectivity index (χ0v) is 13.4. The summed E-state index contributed by atoms with van der Waals surface area (Å²) < 4.78 is 5.83. The summed E-state index contributed by atoms with van der Waals surface area (Å²) in [5.41, 5.74) is 0. The predicted octanol–water partition coefficient (Wildman–Crippen LogP) is 1.90. The van der Waals surface area contributed by atoms with Crippen molar-refractivity contribution in [2.45, 2.75) is 12.5 Å². The molecule has 0 saturated carbocycles. The number of anilines is 1. The van der Waals surface area contributed by atoms with Crippen LogP contribution in [0.1, 0.15) is 16.1 Å². The van der Waals surface area contributed by atoms with Gasteiger partial charge >= 0.3 is 0 Å². The number of hydrogen-bond acceptors (Lipinski definition) is 6. The summed E-state index contributed by atoms with van der Waals surface area (Å²) in [6.45, 7) is 1.30. The maximum atomic E-state index is 12.3. The van der Waals surface area contributed by atoms with Crippen LogP contribution in [-0.2, 0) is 0 Å². The Balaban J connectivity index is 1.58. The van der Waals surface area contributed by atoms with Gasteiger partial charge in [-0.3, -0.25) is 4.79 Å². The Hall–Kier alpha value is -2.15. The molecule has 0 aliphatic carbocycles. The van der Waals surface area contributed by atoms with Gasteiger partial charge in [0.1, 0.15) is 6.10 Å². The van der Waals surface area contributed by atoms with Gasteiger partial charge in [-0.1, -0.05) is 6.07 Å². The number of amides is 1. The molecule has 1 atom stereocenters. The van der Waals surface area contributed by atoms with Gasteiger partial charge in [0.05, 0.1) is 11.4 Å². The highest BCUT2D eigenvalue weighted by atomic mass is 32.1. The van der Waals surface area contributed by atoms with Crippen LogP contribution in [0.15, 0.2) is 29.6 Å². The second-order valence-electron chi connectivity index (χ2n) is 5.38. The zero-order valence-electron chi connectivity index (χ0n) is 12.6. The van der Waals surface area contributed by atoms with E-state index in [2.05, 4.69) is 10.2 Å². The zero-order chi connectivity index (χ0) is 15.5. The third-order valence-electron chi connectivity index (χ3n) is 3.54. The van der Waals surface area contributed by atoms with Gasteiger partial charge in [-0.15, -0.1) is 21.5 Å². The fourth-order valence-corrected chi connectivity index (χ4v) is 3.04. The molecule has 22 heavy (non-hydrogen) atoms. The molecule has 0 spiro atoms. The van der Waals surface area contributed by atoms with Crippen LogP contribution in [0.3, 0.4) is 0 Å². The predicted molar refractivity (Wildman–Crippen MR) is 85.6 cm³/mol. The molecule has 3 rings (SSSR count). The van der Waals surface area contributed by atoms with Crippen molar-refractivity contribution in [2.75, 3.05) is 32.1 Å². The molecule has 3 heterocycles. The number of ether oxygens (including phenoxy) is 1. The first kappa shape index (κ1) is 14.8. The van der Waals surface area contributed by atoms with Crippen molar-refractivity contribution in [1.82, 2.24) is 15.1 Å². The van der Waals surface area contributed by atoms with Crippen molar-refractivity contribution >= 4 is 23.1 Å². The lowest BCUT2D eigenvalue weighted by Gasteiger charge is -2.16. The highest BCUT2D eigenvalue weighted by Gasteiger charge is 2.29. The Morgan fingerprint density at radius 3 is 2.86 bits per heavy atom. The molecule has 1 amide bonds. The normalized spacial score (nSPS) is 17.5. The molecule has 6 nitrogen and oxygen atoms in total. The number of nitrogens with zero attached hydrogens (tertiary/aromatic N) is 4. The van der Waals surface area contributed by atoms with Gasteiger partial charge in [0.2, 0.25) is 5.88 Å². The van der Waals surface area contributed by atoms with Crippen molar-refractivity contribution < 1.29 is 9.53 Å². The van der Waals surface area contributed by atoms with Gasteiger partial charge in [0.15, 0.2) is 5.82 Å². The summed E-state index contributed by atoms with van der Waals surface area (Å²) in [5.74, 6) is 1.37. The molecular weight excluding hydrogens is 300 g/mol. The number of rotatable bonds is 4. The van der Waals surface area contributed by atoms with E-state index in [9.17, 15) is 4.79 Å². The Morgan fingerprint density at radius 2 is 2.23 bits per heavy atom. The quantitative estimate of drug-likeness (QED) is 0.862. The smallest absolute Gasteiger partial charge is 0.264 e. The van der Waals surface area contributed by atoms with Gasteiger partial charge in [-0.2, -0.15) is 0 Å². The first-order valence-electron chi connectivity index (χ1n) is 7.14. The summed E-state index contributed by atoms with van der Waals surface area (Å²) in [7, 11) is 3.82. The van der Waals surface area contributed by atoms with Crippen LogP contribution in [0.2, 0.25) is 0 Å². The van der Waals surface area contributed by atoms with Crippen molar-refractivity contribution in [3.05, 3.63) is 34.5 Å². The molecule has 1 fully saturated rings. The van der Waals surface area contributed by atoms with Crippen LogP contribution in [-0.4, -0.2) is 54.3 Å². The van der Waals surface area contributed by atoms with Crippen molar-refractivity contribution in [1.29, 1.82) is 0 Å². The number of carbonyl (C=O) groups is 1. The van der Waals surface area contributed by atoms with Crippen LogP contribution in [0.25, 0.3) is 0 Å². The van der Waals surface area contributed by atoms with Gasteiger partial charge in [0, 0.05) is 33.1 Å². The molecule has 1 aliphatic rings. The highest BCUT2D eigenvalue weighted by molar-refractivity contribution is 7.12. The summed E-state index contributed by atoms with van der Waals surface area (Å²) in [6, 6.07) is 7.43. The first-order valence-corrected chi connectivity index (χ1v) is 8.02. The lowest BCUT2D eigenvalue weighted by atomic mass is 10.3. The minimum Gasteiger partial charge on any atom is -0.471 e. The highest BCUT2D eigenvalue weighted by Crippen LogP contribution is 2.20. The minimum absolute atomic E-state index is 0.0246. The van der Waals surface area contributed by atoms with E-state index in [1.54, 1.807) is 0 Å². The van der Waals surface area contributed by atoms with Gasteiger partial charge in [0.25, 0.3) is 5.91 Å². The molecule has 1 aliphatic heterocycles. The summed E-state index contributed by atoms with van der Waals surface area (Å²) >= 11 is 1.47. The van der Waals surface area contributed by atoms with E-state index in [0.29, 0.717) is 19.0 Å². The topological polar surface area (TPSA) is 58.6 Å². The van der Waals surface area contributed by atoms with Crippen LogP contribution in [0.4, 0.5) is 5.82 Å². The molecule has 1 saturated heterocycles. The average molecular weight is 318 g/mol. The third-order valence-corrected chi connectivity index (χ3v) is 4.39. The SMILES string of the molecule is CN(C)c1ccc(OC2CCN(C(=O)c3cccs3)C2)nn1. The maximum absolute atomic E-state index is 12.3. The van der Waals surface area contributed by atoms with Gasteiger partial charge in [-0.05, 0) is 17.5 Å². The first-order chi connectivity index (χ1) is 10.6. The van der Waals surface area contributed by atoms with E-state index < -0.39 is 0 Å². The number of carbonyl (C=O) groups excluding carboxylic acids is 1. The standard InChI is InChI=1S/C15H18N4O2S/c1-18(2)13-5-6-14(17-16-13)21-11-7-8-19(10-11)15(20)12-4-3-9-22-12/h3-6,9,11H,7-8,10H2,1-2H3. The van der Waals surface area contributed by atoms with E-state index in [0.717, 1.165) is 17.1 Å². The lowest BCUT2D eigenvalue weighted by Crippen LogP contribution is -2.30. The number of hydrogen-bond donors (Lipinski definition) is 0. The fraction of sp³-hybridized carbons (Fsp3) is 0.400. The van der Waals surface area contributed by atoms with Crippen molar-refractivity contribution in [3.63, 3.8) is 0 Å². The maximum Gasteiger partial charge on any atom is 0.264 e. The Bertz CT molecular complexity index is 628. The molecular formula is C15H18N4O2S. The molecule has 1 unspecified atom stereocenters. The summed E-state index contributed by atoms with van der Waals surface area (Å²) in [6.07, 6.45) is 0.789. The third kappa shape index (κ3) is 3.19. The van der Waals surface area contributed by atoms with Gasteiger partial charge in [-0.25, -0.2) is 0 Å². The molecule has 7 heteroatoms. The van der Waals surface area contributed by atoms with Crippen molar-refractivity contribution in [3.8, 4) is 5.88 Å². The summed E-state index contributed by atoms with van der Waals surface area (Å²) in [5, 5.41) is 10.1. The minimum atomic E-state index is -0.0246. The number of likely N-dealkylation sites (tertiary alicyclic amines) is 1. The molecule has 116 valence electrons. The van der Waals surface area contributed by atoms with Gasteiger partial charge < -0.3 is 14.5 Å². The number of thiophene rings is 1. The van der Waals surface area contributed by atoms with E-state index in [1.807, 2.05) is 53.5 Å². The monoisotopic (exact) mass is 318 g/mol. The van der Waals surface area contributed by atoms with Crippen molar-refractivity contribution in [2.24, 2.45) is 0 Å². The summed E-state index contributed by atoms with van der Waals surface area (Å²) in [4.78, 5) is 16.8. The number of aromatic nitrogens is 2. The molecule has 2 aromatic heterocycles. The van der Waals surface area contributed by atoms with Crippen LogP contribution in [0.5, 0.6) is 5.88 Å². The average Bonchev–Trinajstić information content (AvgIpc) is 3.19. The second kappa shape index (κ2) is 6.31. The van der Waals surface area contributed by atoms with E-state index >= 15 is 0 Å². The van der Waals surface area contributed by atoms with Crippen LogP contribution < -0.4 is 9.64 Å². The fourth-order valence-electron chi connectivity index (χ4n) is 2.35. The molecule has 0 N–H and O–H groups in total. The van der Waals surface area contributed by atoms with Crippen LogP contribution in [0, 0.1) is 0 Å². The Labute approximate surface area is 133 Å². The van der Waals surface area contributed by atoms with E-state index in [1.165, 1.54) is 11.3 Å². The van der Waals surface area contributed by atoms with Crippen LogP contribution >= 0.6 is 11.3 Å². The Morgan fingerprint density at radius 1 is 1.36 bits per heavy atom. The second-order valence-corrected chi connectivity index (χ2v) is 6.33.